The predicted octanol–water partition coefficient (Wildman–Crippen LogP) is 4.10. The largest absolute Gasteiger partial charge is 0.478 e. The fraction of sp³-hybridized carbons (Fsp3) is 0.250. The third-order valence-corrected chi connectivity index (χ3v) is 4.85. The van der Waals surface area contributed by atoms with E-state index >= 15 is 0 Å². The molecule has 0 radical (unpaired) electrons. The predicted molar refractivity (Wildman–Crippen MR) is 101 cm³/mol. The van der Waals surface area contributed by atoms with E-state index in [2.05, 4.69) is 20.1 Å². The molecule has 0 amide bonds. The zero-order chi connectivity index (χ0) is 21.5. The molecule has 0 aliphatic heterocycles. The van der Waals surface area contributed by atoms with E-state index in [1.54, 1.807) is 6.07 Å². The average molecular weight is 415 g/mol. The second-order valence-electron chi connectivity index (χ2n) is 7.02. The van der Waals surface area contributed by atoms with Crippen molar-refractivity contribution in [3.8, 4) is 11.4 Å². The Morgan fingerprint density at radius 3 is 2.47 bits per heavy atom. The van der Waals surface area contributed by atoms with E-state index in [-0.39, 0.29) is 34.1 Å². The third-order valence-electron chi connectivity index (χ3n) is 4.85. The highest BCUT2D eigenvalue weighted by atomic mass is 19.4. The molecule has 154 valence electrons. The highest BCUT2D eigenvalue weighted by Gasteiger charge is 2.34. The molecule has 10 heteroatoms. The number of carboxylic acid groups (broad SMARTS) is 1. The van der Waals surface area contributed by atoms with Gasteiger partial charge in [0, 0.05) is 23.5 Å². The zero-order valence-electron chi connectivity index (χ0n) is 15.8. The molecule has 2 aromatic heterocycles. The molecule has 1 fully saturated rings. The maximum atomic E-state index is 13.3. The fourth-order valence-corrected chi connectivity index (χ4v) is 3.18. The van der Waals surface area contributed by atoms with Crippen LogP contribution in [0.4, 0.5) is 13.2 Å². The molecule has 1 N–H and O–H groups in total. The average Bonchev–Trinajstić information content (AvgIpc) is 3.44. The van der Waals surface area contributed by atoms with E-state index in [9.17, 15) is 23.1 Å². The van der Waals surface area contributed by atoms with Crippen molar-refractivity contribution in [3.05, 3.63) is 59.9 Å². The van der Waals surface area contributed by atoms with Gasteiger partial charge in [-0.1, -0.05) is 0 Å². The Morgan fingerprint density at radius 1 is 1.17 bits per heavy atom. The van der Waals surface area contributed by atoms with Crippen LogP contribution in [0.5, 0.6) is 0 Å². The summed E-state index contributed by atoms with van der Waals surface area (Å²) >= 11 is 0. The van der Waals surface area contributed by atoms with E-state index in [1.165, 1.54) is 42.7 Å². The lowest BCUT2D eigenvalue weighted by atomic mass is 10.0. The van der Waals surface area contributed by atoms with Crippen LogP contribution in [0.1, 0.15) is 42.4 Å². The molecule has 0 bridgehead atoms. The van der Waals surface area contributed by atoms with Gasteiger partial charge in [-0.2, -0.15) is 13.2 Å². The Balaban J connectivity index is 1.77. The minimum atomic E-state index is -4.48. The van der Waals surface area contributed by atoms with E-state index in [0.29, 0.717) is 5.56 Å². The molecule has 0 unspecified atom stereocenters. The van der Waals surface area contributed by atoms with Crippen molar-refractivity contribution in [1.29, 1.82) is 0 Å². The number of hydrogen-bond acceptors (Lipinski definition) is 5. The summed E-state index contributed by atoms with van der Waals surface area (Å²) < 4.78 is 41.2. The lowest BCUT2D eigenvalue weighted by molar-refractivity contribution is -0.137. The third kappa shape index (κ3) is 3.93. The lowest BCUT2D eigenvalue weighted by Gasteiger charge is -2.11. The molecule has 1 aliphatic rings. The van der Waals surface area contributed by atoms with E-state index in [0.717, 1.165) is 18.9 Å². The first kappa shape index (κ1) is 19.7. The van der Waals surface area contributed by atoms with Crippen molar-refractivity contribution >= 4 is 17.2 Å². The van der Waals surface area contributed by atoms with Crippen molar-refractivity contribution < 1.29 is 23.1 Å². The minimum absolute atomic E-state index is 0.0800. The maximum absolute atomic E-state index is 13.3. The quantitative estimate of drug-likeness (QED) is 0.631. The number of benzene rings is 1. The van der Waals surface area contributed by atoms with E-state index in [4.69, 9.17) is 0 Å². The maximum Gasteiger partial charge on any atom is 0.416 e. The van der Waals surface area contributed by atoms with Gasteiger partial charge in [-0.25, -0.2) is 24.4 Å². The molecule has 1 aromatic carbocycles. The van der Waals surface area contributed by atoms with Crippen LogP contribution < -0.4 is 0 Å². The summed E-state index contributed by atoms with van der Waals surface area (Å²) in [6, 6.07) is 3.84. The SMILES string of the molecule is C/C(=C(\C(=O)O)c1cncnc1)n1cnc(-c2cc(C3CC3)cc(C(F)(F)F)c2)n1. The molecular weight excluding hydrogens is 399 g/mol. The molecule has 4 rings (SSSR count). The molecule has 1 aliphatic carbocycles. The van der Waals surface area contributed by atoms with Gasteiger partial charge in [-0.15, -0.1) is 5.10 Å². The van der Waals surface area contributed by atoms with E-state index in [1.807, 2.05) is 0 Å². The van der Waals surface area contributed by atoms with Crippen LogP contribution in [0.2, 0.25) is 0 Å². The monoisotopic (exact) mass is 415 g/mol. The summed E-state index contributed by atoms with van der Waals surface area (Å²) in [4.78, 5) is 23.5. The summed E-state index contributed by atoms with van der Waals surface area (Å²) in [5.74, 6) is -1.02. The molecule has 2 heterocycles. The topological polar surface area (TPSA) is 93.8 Å². The Bertz CT molecular complexity index is 1130. The number of halogens is 3. The van der Waals surface area contributed by atoms with Gasteiger partial charge < -0.3 is 5.11 Å². The Morgan fingerprint density at radius 2 is 1.87 bits per heavy atom. The zero-order valence-corrected chi connectivity index (χ0v) is 15.8. The highest BCUT2D eigenvalue weighted by Crippen LogP contribution is 2.43. The number of hydrogen-bond donors (Lipinski definition) is 1. The molecule has 0 saturated heterocycles. The Kier molecular flexibility index (Phi) is 4.84. The first-order valence-corrected chi connectivity index (χ1v) is 9.08. The van der Waals surface area contributed by atoms with Gasteiger partial charge in [0.05, 0.1) is 16.8 Å². The highest BCUT2D eigenvalue weighted by molar-refractivity contribution is 6.21. The first-order chi connectivity index (χ1) is 14.2. The van der Waals surface area contributed by atoms with Crippen LogP contribution in [-0.4, -0.2) is 35.8 Å². The molecular formula is C20H16F3N5O2. The molecule has 3 aromatic rings. The second kappa shape index (κ2) is 7.36. The van der Waals surface area contributed by atoms with Crippen molar-refractivity contribution in [1.82, 2.24) is 24.7 Å². The normalized spacial score (nSPS) is 15.1. The number of aromatic nitrogens is 5. The molecule has 7 nitrogen and oxygen atoms in total. The van der Waals surface area contributed by atoms with Crippen LogP contribution in [-0.2, 0) is 11.0 Å². The number of alkyl halides is 3. The van der Waals surface area contributed by atoms with E-state index < -0.39 is 17.7 Å². The Hall–Kier alpha value is -3.56. The Labute approximate surface area is 168 Å². The summed E-state index contributed by atoms with van der Waals surface area (Å²) in [5.41, 5.74) is 0.502. The number of allylic oxidation sites excluding steroid dienone is 1. The van der Waals surface area contributed by atoms with Crippen LogP contribution in [0.15, 0.2) is 43.2 Å². The van der Waals surface area contributed by atoms with Crippen LogP contribution in [0.25, 0.3) is 22.7 Å². The van der Waals surface area contributed by atoms with Gasteiger partial charge in [0.1, 0.15) is 12.7 Å². The van der Waals surface area contributed by atoms with Gasteiger partial charge in [0.2, 0.25) is 0 Å². The summed E-state index contributed by atoms with van der Waals surface area (Å²) in [6.07, 6.45) is 2.48. The number of aliphatic carboxylic acids is 1. The number of carboxylic acids is 1. The van der Waals surface area contributed by atoms with Crippen molar-refractivity contribution in [2.75, 3.05) is 0 Å². The second-order valence-corrected chi connectivity index (χ2v) is 7.02. The molecule has 0 atom stereocenters. The lowest BCUT2D eigenvalue weighted by Crippen LogP contribution is -2.08. The van der Waals surface area contributed by atoms with Gasteiger partial charge in [0.15, 0.2) is 5.82 Å². The van der Waals surface area contributed by atoms with Gasteiger partial charge >= 0.3 is 12.1 Å². The van der Waals surface area contributed by atoms with Crippen molar-refractivity contribution in [2.24, 2.45) is 0 Å². The number of rotatable bonds is 5. The van der Waals surface area contributed by atoms with Crippen LogP contribution in [0, 0.1) is 0 Å². The fourth-order valence-electron chi connectivity index (χ4n) is 3.18. The minimum Gasteiger partial charge on any atom is -0.478 e. The molecule has 1 saturated carbocycles. The first-order valence-electron chi connectivity index (χ1n) is 9.08. The number of nitrogens with zero attached hydrogens (tertiary/aromatic N) is 5. The standard InChI is InChI=1S/C20H16F3N5O2/c1-11(17(19(29)30)15-7-24-9-25-8-15)28-10-26-18(27-28)14-4-13(12-2-3-12)5-16(6-14)20(21,22)23/h4-10,12H,2-3H2,1H3,(H,29,30)/b17-11+. The van der Waals surface area contributed by atoms with Crippen molar-refractivity contribution in [3.63, 3.8) is 0 Å². The van der Waals surface area contributed by atoms with Gasteiger partial charge in [-0.3, -0.25) is 0 Å². The summed E-state index contributed by atoms with van der Waals surface area (Å²) in [7, 11) is 0. The van der Waals surface area contributed by atoms with Gasteiger partial charge in [0.25, 0.3) is 0 Å². The number of carbonyl (C=O) groups is 1. The molecule has 0 spiro atoms. The van der Waals surface area contributed by atoms with Gasteiger partial charge in [-0.05, 0) is 49.4 Å². The van der Waals surface area contributed by atoms with Crippen LogP contribution in [0.3, 0.4) is 0 Å². The van der Waals surface area contributed by atoms with Crippen LogP contribution >= 0.6 is 0 Å². The van der Waals surface area contributed by atoms with Crippen molar-refractivity contribution in [2.45, 2.75) is 31.9 Å². The summed E-state index contributed by atoms with van der Waals surface area (Å²) in [6.45, 7) is 1.52. The smallest absolute Gasteiger partial charge is 0.416 e. The summed E-state index contributed by atoms with van der Waals surface area (Å²) in [5, 5.41) is 13.8. The molecule has 30 heavy (non-hydrogen) atoms.